The summed E-state index contributed by atoms with van der Waals surface area (Å²) in [6.07, 6.45) is 2.63. The number of H-pyrrole nitrogens is 2. The highest BCUT2D eigenvalue weighted by Gasteiger charge is 2.13. The summed E-state index contributed by atoms with van der Waals surface area (Å²) >= 11 is 5.92. The second-order valence-electron chi connectivity index (χ2n) is 4.02. The largest absolute Gasteiger partial charge is 0.507 e. The fraction of sp³-hybridized carbons (Fsp3) is 0. The summed E-state index contributed by atoms with van der Waals surface area (Å²) in [4.78, 5) is 14.7. The van der Waals surface area contributed by atoms with Gasteiger partial charge in [-0.3, -0.25) is 4.79 Å². The van der Waals surface area contributed by atoms with Crippen molar-refractivity contribution in [1.82, 2.24) is 25.6 Å². The third-order valence-corrected chi connectivity index (χ3v) is 2.99. The van der Waals surface area contributed by atoms with Crippen LogP contribution in [-0.4, -0.2) is 36.5 Å². The van der Waals surface area contributed by atoms with Gasteiger partial charge < -0.3 is 10.1 Å². The number of hydrogen-bond donors (Lipinski definition) is 3. The highest BCUT2D eigenvalue weighted by atomic mass is 35.5. The first-order valence-electron chi connectivity index (χ1n) is 5.60. The van der Waals surface area contributed by atoms with E-state index in [4.69, 9.17) is 11.6 Å². The van der Waals surface area contributed by atoms with Crippen LogP contribution in [0.25, 0.3) is 16.7 Å². The number of allylic oxidation sites excluding steroid dienone is 1. The lowest BCUT2D eigenvalue weighted by molar-refractivity contribution is 0.103. The Kier molecular flexibility index (Phi) is 2.96. The van der Waals surface area contributed by atoms with E-state index in [0.29, 0.717) is 16.0 Å². The summed E-state index contributed by atoms with van der Waals surface area (Å²) in [6, 6.07) is 5.22. The number of nitrogens with one attached hydrogen (secondary N) is 2. The minimum absolute atomic E-state index is 0.116. The first kappa shape index (κ1) is 12.4. The van der Waals surface area contributed by atoms with Crippen molar-refractivity contribution in [3.8, 4) is 0 Å². The van der Waals surface area contributed by atoms with Crippen LogP contribution in [-0.2, 0) is 0 Å². The molecular weight excluding hydrogens is 282 g/mol. The Morgan fingerprint density at radius 2 is 2.25 bits per heavy atom. The molecule has 0 atom stereocenters. The number of aliphatic hydroxyl groups is 1. The van der Waals surface area contributed by atoms with Crippen molar-refractivity contribution < 1.29 is 9.90 Å². The van der Waals surface area contributed by atoms with E-state index in [0.717, 1.165) is 11.6 Å². The van der Waals surface area contributed by atoms with E-state index in [-0.39, 0.29) is 11.6 Å². The predicted octanol–water partition coefficient (Wildman–Crippen LogP) is 2.12. The van der Waals surface area contributed by atoms with E-state index in [1.54, 1.807) is 24.4 Å². The maximum atomic E-state index is 11.8. The van der Waals surface area contributed by atoms with E-state index in [1.807, 2.05) is 0 Å². The number of carbonyl (C=O) groups is 1. The van der Waals surface area contributed by atoms with Crippen LogP contribution in [0.5, 0.6) is 0 Å². The first-order chi connectivity index (χ1) is 9.65. The van der Waals surface area contributed by atoms with Gasteiger partial charge in [-0.05, 0) is 23.4 Å². The number of carbonyl (C=O) groups excluding carboxylic acids is 1. The Hall–Kier alpha value is -2.67. The zero-order valence-corrected chi connectivity index (χ0v) is 10.7. The van der Waals surface area contributed by atoms with Gasteiger partial charge in [0.25, 0.3) is 0 Å². The second kappa shape index (κ2) is 4.78. The lowest BCUT2D eigenvalue weighted by Crippen LogP contribution is -1.99. The van der Waals surface area contributed by atoms with Crippen LogP contribution < -0.4 is 0 Å². The van der Waals surface area contributed by atoms with Crippen molar-refractivity contribution in [2.75, 3.05) is 0 Å². The van der Waals surface area contributed by atoms with Crippen molar-refractivity contribution in [1.29, 1.82) is 0 Å². The summed E-state index contributed by atoms with van der Waals surface area (Å²) in [7, 11) is 0. The molecule has 0 radical (unpaired) electrons. The lowest BCUT2D eigenvalue weighted by atomic mass is 10.1. The van der Waals surface area contributed by atoms with E-state index in [9.17, 15) is 9.90 Å². The number of halogens is 1. The number of nitrogens with zero attached hydrogens (tertiary/aromatic N) is 3. The summed E-state index contributed by atoms with van der Waals surface area (Å²) in [5, 5.41) is 23.9. The van der Waals surface area contributed by atoms with Gasteiger partial charge in [-0.2, -0.15) is 5.21 Å². The van der Waals surface area contributed by atoms with Gasteiger partial charge in [0.15, 0.2) is 0 Å². The number of ketones is 1. The molecular formula is C12H8ClN5O2. The van der Waals surface area contributed by atoms with E-state index in [2.05, 4.69) is 25.6 Å². The number of aliphatic hydroxyl groups excluding tert-OH is 1. The van der Waals surface area contributed by atoms with Gasteiger partial charge in [0, 0.05) is 33.8 Å². The van der Waals surface area contributed by atoms with Gasteiger partial charge in [0.1, 0.15) is 5.76 Å². The molecule has 0 aliphatic rings. The molecule has 0 saturated heterocycles. The normalized spacial score (nSPS) is 11.9. The highest BCUT2D eigenvalue weighted by molar-refractivity contribution is 6.31. The standard InChI is InChI=1S/C12H8ClN5O2/c13-6-1-2-9-7(3-6)8(5-14-9)10(19)4-11(20)12-15-17-18-16-12/h1-5,14,19H,(H,15,16,17,18)/b10-4+. The van der Waals surface area contributed by atoms with Crippen molar-refractivity contribution in [3.05, 3.63) is 46.9 Å². The maximum Gasteiger partial charge on any atom is 0.244 e. The summed E-state index contributed by atoms with van der Waals surface area (Å²) in [5.41, 5.74) is 1.27. The molecule has 0 spiro atoms. The third kappa shape index (κ3) is 2.14. The first-order valence-corrected chi connectivity index (χ1v) is 5.98. The van der Waals surface area contributed by atoms with Crippen molar-refractivity contribution >= 4 is 34.0 Å². The second-order valence-corrected chi connectivity index (χ2v) is 4.46. The molecule has 2 aromatic heterocycles. The minimum atomic E-state index is -0.548. The molecule has 2 heterocycles. The zero-order valence-electron chi connectivity index (χ0n) is 9.96. The molecule has 3 aromatic rings. The van der Waals surface area contributed by atoms with Crippen molar-refractivity contribution in [2.24, 2.45) is 0 Å². The van der Waals surface area contributed by atoms with Crippen molar-refractivity contribution in [2.45, 2.75) is 0 Å². The number of benzene rings is 1. The molecule has 3 rings (SSSR count). The number of hydrogen-bond acceptors (Lipinski definition) is 5. The highest BCUT2D eigenvalue weighted by Crippen LogP contribution is 2.26. The third-order valence-electron chi connectivity index (χ3n) is 2.75. The van der Waals surface area contributed by atoms with E-state index >= 15 is 0 Å². The quantitative estimate of drug-likeness (QED) is 0.389. The van der Waals surface area contributed by atoms with Crippen LogP contribution in [0.2, 0.25) is 5.02 Å². The average molecular weight is 290 g/mol. The minimum Gasteiger partial charge on any atom is -0.507 e. The number of aromatic amines is 2. The maximum absolute atomic E-state index is 11.8. The van der Waals surface area contributed by atoms with E-state index in [1.165, 1.54) is 0 Å². The summed E-state index contributed by atoms with van der Waals surface area (Å²) < 4.78 is 0. The predicted molar refractivity (Wildman–Crippen MR) is 72.4 cm³/mol. The topological polar surface area (TPSA) is 108 Å². The average Bonchev–Trinajstić information content (AvgIpc) is 3.07. The molecule has 7 nitrogen and oxygen atoms in total. The number of tetrazole rings is 1. The van der Waals surface area contributed by atoms with Gasteiger partial charge in [-0.25, -0.2) is 0 Å². The number of rotatable bonds is 3. The molecule has 0 bridgehead atoms. The van der Waals surface area contributed by atoms with Crippen molar-refractivity contribution in [3.63, 3.8) is 0 Å². The lowest BCUT2D eigenvalue weighted by Gasteiger charge is -1.98. The molecule has 1 aromatic carbocycles. The van der Waals surface area contributed by atoms with Gasteiger partial charge >= 0.3 is 0 Å². The fourth-order valence-electron chi connectivity index (χ4n) is 1.84. The molecule has 3 N–H and O–H groups in total. The van der Waals surface area contributed by atoms with Gasteiger partial charge in [0.2, 0.25) is 11.6 Å². The summed E-state index contributed by atoms with van der Waals surface area (Å²) in [6.45, 7) is 0. The van der Waals surface area contributed by atoms with Crippen LogP contribution in [0.15, 0.2) is 30.5 Å². The van der Waals surface area contributed by atoms with Crippen LogP contribution in [0.3, 0.4) is 0 Å². The Morgan fingerprint density at radius 1 is 1.40 bits per heavy atom. The zero-order chi connectivity index (χ0) is 14.1. The Labute approximate surface area is 117 Å². The molecule has 0 amide bonds. The Bertz CT molecular complexity index is 806. The van der Waals surface area contributed by atoms with Crippen LogP contribution in [0, 0.1) is 0 Å². The van der Waals surface area contributed by atoms with Gasteiger partial charge in [-0.15, -0.1) is 10.2 Å². The van der Waals surface area contributed by atoms with E-state index < -0.39 is 5.78 Å². The molecule has 100 valence electrons. The smallest absolute Gasteiger partial charge is 0.244 e. The van der Waals surface area contributed by atoms with Gasteiger partial charge in [-0.1, -0.05) is 11.6 Å². The van der Waals surface area contributed by atoms with Crippen LogP contribution >= 0.6 is 11.6 Å². The Balaban J connectivity index is 2.02. The molecule has 0 aliphatic carbocycles. The Morgan fingerprint density at radius 3 is 3.00 bits per heavy atom. The van der Waals surface area contributed by atoms with Gasteiger partial charge in [0.05, 0.1) is 0 Å². The number of aromatic nitrogens is 5. The summed E-state index contributed by atoms with van der Waals surface area (Å²) in [5.74, 6) is -0.865. The van der Waals surface area contributed by atoms with Crippen LogP contribution in [0.1, 0.15) is 16.2 Å². The molecule has 0 unspecified atom stereocenters. The monoisotopic (exact) mass is 289 g/mol. The molecule has 8 heteroatoms. The molecule has 0 fully saturated rings. The fourth-order valence-corrected chi connectivity index (χ4v) is 2.01. The molecule has 20 heavy (non-hydrogen) atoms. The van der Waals surface area contributed by atoms with Crippen LogP contribution in [0.4, 0.5) is 0 Å². The molecule has 0 aliphatic heterocycles. The SMILES string of the molecule is O=C(/C=C(/O)c1c[nH]c2ccc(Cl)cc12)c1nn[nH]n1. The molecule has 0 saturated carbocycles. The number of fused-ring (bicyclic) bond motifs is 1.